The zero-order valence-electron chi connectivity index (χ0n) is 16.4. The van der Waals surface area contributed by atoms with Gasteiger partial charge in [0.2, 0.25) is 5.88 Å². The van der Waals surface area contributed by atoms with E-state index in [0.29, 0.717) is 39.1 Å². The van der Waals surface area contributed by atoms with Crippen molar-refractivity contribution in [1.82, 2.24) is 9.97 Å². The fourth-order valence-corrected chi connectivity index (χ4v) is 3.19. The summed E-state index contributed by atoms with van der Waals surface area (Å²) in [5.41, 5.74) is 2.08. The third-order valence-corrected chi connectivity index (χ3v) is 5.09. The van der Waals surface area contributed by atoms with Crippen molar-refractivity contribution in [3.8, 4) is 17.4 Å². The van der Waals surface area contributed by atoms with E-state index in [-0.39, 0.29) is 5.91 Å². The van der Waals surface area contributed by atoms with Crippen LogP contribution in [0.25, 0.3) is 11.0 Å². The molecule has 4 aromatic rings. The van der Waals surface area contributed by atoms with Crippen LogP contribution < -0.4 is 14.8 Å². The van der Waals surface area contributed by atoms with Crippen LogP contribution in [0.3, 0.4) is 0 Å². The van der Waals surface area contributed by atoms with Gasteiger partial charge in [0.25, 0.3) is 5.91 Å². The molecule has 1 aromatic heterocycles. The van der Waals surface area contributed by atoms with E-state index in [1.165, 1.54) is 6.20 Å². The lowest BCUT2D eigenvalue weighted by atomic mass is 10.3. The van der Waals surface area contributed by atoms with Crippen LogP contribution in [0.4, 0.5) is 5.69 Å². The molecular weight excluding hydrogens is 482 g/mol. The number of hydrogen-bond donors (Lipinski definition) is 1. The summed E-state index contributed by atoms with van der Waals surface area (Å²) < 4.78 is 12.4. The molecule has 3 aromatic carbocycles. The number of nitrogens with one attached hydrogen (secondary N) is 1. The summed E-state index contributed by atoms with van der Waals surface area (Å²) in [6.07, 6.45) is 0.867. The molecule has 0 saturated carbocycles. The Morgan fingerprint density at radius 3 is 2.45 bits per heavy atom. The zero-order chi connectivity index (χ0) is 21.8. The van der Waals surface area contributed by atoms with Crippen LogP contribution in [-0.2, 0) is 4.79 Å². The van der Waals surface area contributed by atoms with Gasteiger partial charge in [0.1, 0.15) is 11.5 Å². The van der Waals surface area contributed by atoms with Crippen LogP contribution in [0, 0.1) is 0 Å². The predicted octanol–water partition coefficient (Wildman–Crippen LogP) is 6.24. The van der Waals surface area contributed by atoms with Crippen molar-refractivity contribution in [1.29, 1.82) is 0 Å². The van der Waals surface area contributed by atoms with Gasteiger partial charge in [-0.3, -0.25) is 4.79 Å². The number of hydrogen-bond acceptors (Lipinski definition) is 5. The maximum absolute atomic E-state index is 12.3. The highest BCUT2D eigenvalue weighted by Crippen LogP contribution is 2.25. The number of amides is 1. The molecule has 0 radical (unpaired) electrons. The molecule has 0 aliphatic rings. The van der Waals surface area contributed by atoms with Crippen molar-refractivity contribution in [2.75, 3.05) is 5.32 Å². The highest BCUT2D eigenvalue weighted by atomic mass is 79.9. The third-order valence-electron chi connectivity index (χ3n) is 4.32. The van der Waals surface area contributed by atoms with Gasteiger partial charge in [0.15, 0.2) is 6.10 Å². The Labute approximate surface area is 192 Å². The second-order valence-corrected chi connectivity index (χ2v) is 8.02. The van der Waals surface area contributed by atoms with Crippen molar-refractivity contribution in [2.24, 2.45) is 0 Å². The number of rotatable bonds is 6. The minimum absolute atomic E-state index is 0.241. The second-order valence-electron chi connectivity index (χ2n) is 6.67. The van der Waals surface area contributed by atoms with Gasteiger partial charge < -0.3 is 14.8 Å². The van der Waals surface area contributed by atoms with Crippen LogP contribution in [0.2, 0.25) is 5.02 Å². The Bertz CT molecular complexity index is 1220. The second kappa shape index (κ2) is 9.32. The maximum atomic E-state index is 12.3. The Morgan fingerprint density at radius 1 is 1.00 bits per heavy atom. The van der Waals surface area contributed by atoms with Gasteiger partial charge >= 0.3 is 0 Å². The molecule has 31 heavy (non-hydrogen) atoms. The summed E-state index contributed by atoms with van der Waals surface area (Å²) in [5, 5.41) is 3.42. The topological polar surface area (TPSA) is 73.3 Å². The van der Waals surface area contributed by atoms with Gasteiger partial charge in [-0.2, -0.15) is 0 Å². The van der Waals surface area contributed by atoms with Gasteiger partial charge in [-0.25, -0.2) is 9.97 Å². The number of nitrogens with zero attached hydrogens (tertiary/aromatic N) is 2. The molecular formula is C23H17BrClN3O3. The summed E-state index contributed by atoms with van der Waals surface area (Å²) >= 11 is 9.33. The van der Waals surface area contributed by atoms with Crippen LogP contribution in [0.5, 0.6) is 17.4 Å². The summed E-state index contributed by atoms with van der Waals surface area (Å²) in [6.45, 7) is 1.69. The van der Waals surface area contributed by atoms with E-state index in [4.69, 9.17) is 21.1 Å². The van der Waals surface area contributed by atoms with Crippen molar-refractivity contribution >= 4 is 50.2 Å². The van der Waals surface area contributed by atoms with Crippen molar-refractivity contribution in [2.45, 2.75) is 13.0 Å². The monoisotopic (exact) mass is 497 g/mol. The average Bonchev–Trinajstić information content (AvgIpc) is 2.76. The summed E-state index contributed by atoms with van der Waals surface area (Å²) in [7, 11) is 0. The number of fused-ring (bicyclic) bond motifs is 1. The van der Waals surface area contributed by atoms with Crippen LogP contribution in [0.1, 0.15) is 6.92 Å². The molecule has 1 atom stereocenters. The Balaban J connectivity index is 1.37. The minimum Gasteiger partial charge on any atom is -0.481 e. The fourth-order valence-electron chi connectivity index (χ4n) is 2.76. The molecule has 0 aliphatic heterocycles. The van der Waals surface area contributed by atoms with E-state index in [1.807, 2.05) is 24.3 Å². The molecule has 156 valence electrons. The summed E-state index contributed by atoms with van der Waals surface area (Å²) in [6, 6.07) is 19.6. The fraction of sp³-hybridized carbons (Fsp3) is 0.0870. The van der Waals surface area contributed by atoms with Gasteiger partial charge in [-0.1, -0.05) is 27.5 Å². The molecule has 1 amide bonds. The lowest BCUT2D eigenvalue weighted by molar-refractivity contribution is -0.122. The van der Waals surface area contributed by atoms with Gasteiger partial charge in [-0.15, -0.1) is 0 Å². The smallest absolute Gasteiger partial charge is 0.265 e. The summed E-state index contributed by atoms with van der Waals surface area (Å²) in [4.78, 5) is 21.1. The van der Waals surface area contributed by atoms with Crippen LogP contribution in [-0.4, -0.2) is 22.0 Å². The van der Waals surface area contributed by atoms with E-state index in [9.17, 15) is 4.79 Å². The minimum atomic E-state index is -0.673. The Hall–Kier alpha value is -3.16. The number of halogens is 2. The number of carbonyl (C=O) groups is 1. The first-order chi connectivity index (χ1) is 15.0. The Morgan fingerprint density at radius 2 is 1.71 bits per heavy atom. The summed E-state index contributed by atoms with van der Waals surface area (Å²) in [5.74, 6) is 1.24. The van der Waals surface area contributed by atoms with E-state index >= 15 is 0 Å². The molecule has 0 saturated heterocycles. The lowest BCUT2D eigenvalue weighted by Crippen LogP contribution is -2.30. The van der Waals surface area contributed by atoms with Crippen molar-refractivity contribution in [3.63, 3.8) is 0 Å². The average molecular weight is 499 g/mol. The van der Waals surface area contributed by atoms with Gasteiger partial charge in [0.05, 0.1) is 17.2 Å². The molecule has 0 spiro atoms. The van der Waals surface area contributed by atoms with E-state index in [1.54, 1.807) is 49.4 Å². The maximum Gasteiger partial charge on any atom is 0.265 e. The van der Waals surface area contributed by atoms with Crippen molar-refractivity contribution < 1.29 is 14.3 Å². The van der Waals surface area contributed by atoms with Crippen molar-refractivity contribution in [3.05, 3.63) is 82.4 Å². The molecule has 1 unspecified atom stereocenters. The van der Waals surface area contributed by atoms with E-state index in [2.05, 4.69) is 31.2 Å². The Kier molecular flexibility index (Phi) is 6.34. The number of benzene rings is 3. The standard InChI is InChI=1S/C23H17BrClN3O3/c1-14(23(29)27-17-5-2-15(24)3-6-17)30-18-7-9-19(10-8-18)31-22-13-26-21-12-16(25)4-11-20(21)28-22/h2-14H,1H3,(H,27,29). The number of aromatic nitrogens is 2. The number of anilines is 1. The first-order valence-electron chi connectivity index (χ1n) is 9.39. The molecule has 0 bridgehead atoms. The van der Waals surface area contributed by atoms with Crippen LogP contribution >= 0.6 is 27.5 Å². The van der Waals surface area contributed by atoms with Crippen LogP contribution in [0.15, 0.2) is 77.4 Å². The quantitative estimate of drug-likeness (QED) is 0.340. The largest absolute Gasteiger partial charge is 0.481 e. The highest BCUT2D eigenvalue weighted by Gasteiger charge is 2.15. The normalized spacial score (nSPS) is 11.7. The molecule has 4 rings (SSSR count). The number of ether oxygens (including phenoxy) is 2. The zero-order valence-corrected chi connectivity index (χ0v) is 18.7. The highest BCUT2D eigenvalue weighted by molar-refractivity contribution is 9.10. The van der Waals surface area contributed by atoms with Gasteiger partial charge in [-0.05, 0) is 73.7 Å². The third kappa shape index (κ3) is 5.51. The van der Waals surface area contributed by atoms with Gasteiger partial charge in [0, 0.05) is 15.2 Å². The first-order valence-corrected chi connectivity index (χ1v) is 10.6. The predicted molar refractivity (Wildman–Crippen MR) is 124 cm³/mol. The van der Waals surface area contributed by atoms with E-state index in [0.717, 1.165) is 4.47 Å². The molecule has 6 nitrogen and oxygen atoms in total. The molecule has 1 heterocycles. The molecule has 0 fully saturated rings. The molecule has 0 aliphatic carbocycles. The first kappa shape index (κ1) is 21.1. The lowest BCUT2D eigenvalue weighted by Gasteiger charge is -2.15. The number of carbonyl (C=O) groups excluding carboxylic acids is 1. The molecule has 1 N–H and O–H groups in total. The SMILES string of the molecule is CC(Oc1ccc(Oc2cnc3cc(Cl)ccc3n2)cc1)C(=O)Nc1ccc(Br)cc1. The molecule has 8 heteroatoms. The van der Waals surface area contributed by atoms with E-state index < -0.39 is 6.10 Å².